The first-order valence-corrected chi connectivity index (χ1v) is 8.34. The Balaban J connectivity index is 1.94. The molecule has 1 aliphatic heterocycles. The highest BCUT2D eigenvalue weighted by molar-refractivity contribution is 6.36. The molecular weight excluding hydrogens is 353 g/mol. The summed E-state index contributed by atoms with van der Waals surface area (Å²) < 4.78 is 1.85. The van der Waals surface area contributed by atoms with E-state index in [1.54, 1.807) is 6.07 Å². The lowest BCUT2D eigenvalue weighted by Gasteiger charge is -2.08. The topological polar surface area (TPSA) is 29.9 Å². The second-order valence-corrected chi connectivity index (χ2v) is 6.59. The second-order valence-electron chi connectivity index (χ2n) is 5.34. The van der Waals surface area contributed by atoms with Gasteiger partial charge in [-0.3, -0.25) is 0 Å². The zero-order valence-electron chi connectivity index (χ0n) is 12.0. The third-order valence-electron chi connectivity index (χ3n) is 3.92. The number of para-hydroxylation sites is 1. The van der Waals surface area contributed by atoms with Crippen LogP contribution in [0.4, 0.5) is 5.82 Å². The molecule has 0 saturated heterocycles. The van der Waals surface area contributed by atoms with E-state index in [4.69, 9.17) is 39.9 Å². The number of rotatable bonds is 2. The first-order chi connectivity index (χ1) is 11.1. The Morgan fingerprint density at radius 3 is 2.61 bits per heavy atom. The first kappa shape index (κ1) is 14.9. The van der Waals surface area contributed by atoms with E-state index in [1.807, 2.05) is 41.1 Å². The van der Waals surface area contributed by atoms with Gasteiger partial charge in [0.2, 0.25) is 0 Å². The van der Waals surface area contributed by atoms with Crippen molar-refractivity contribution in [2.24, 2.45) is 0 Å². The predicted octanol–water partition coefficient (Wildman–Crippen LogP) is 5.47. The monoisotopic (exact) mass is 363 g/mol. The summed E-state index contributed by atoms with van der Waals surface area (Å²) in [7, 11) is 0. The van der Waals surface area contributed by atoms with Crippen molar-refractivity contribution in [3.63, 3.8) is 0 Å². The zero-order valence-corrected chi connectivity index (χ0v) is 14.3. The molecule has 0 spiro atoms. The van der Waals surface area contributed by atoms with E-state index in [0.29, 0.717) is 15.1 Å². The van der Waals surface area contributed by atoms with Crippen molar-refractivity contribution >= 4 is 40.6 Å². The third-order valence-corrected chi connectivity index (χ3v) is 4.79. The molecule has 1 aliphatic rings. The molecule has 4 rings (SSSR count). The number of hydrogen-bond donors (Lipinski definition) is 1. The van der Waals surface area contributed by atoms with E-state index >= 15 is 0 Å². The van der Waals surface area contributed by atoms with Gasteiger partial charge in [0.15, 0.2) is 0 Å². The summed E-state index contributed by atoms with van der Waals surface area (Å²) in [5, 5.41) is 10.0. The molecule has 0 amide bonds. The maximum Gasteiger partial charge on any atom is 0.133 e. The lowest BCUT2D eigenvalue weighted by atomic mass is 10.1. The quantitative estimate of drug-likeness (QED) is 0.653. The normalized spacial score (nSPS) is 13.0. The summed E-state index contributed by atoms with van der Waals surface area (Å²) >= 11 is 18.7. The number of nitrogens with zero attached hydrogens (tertiary/aromatic N) is 2. The molecule has 0 fully saturated rings. The van der Waals surface area contributed by atoms with Gasteiger partial charge in [-0.05, 0) is 36.8 Å². The molecule has 0 saturated carbocycles. The van der Waals surface area contributed by atoms with E-state index < -0.39 is 0 Å². The number of benzene rings is 2. The van der Waals surface area contributed by atoms with Gasteiger partial charge in [0.1, 0.15) is 5.82 Å². The number of halogens is 3. The van der Waals surface area contributed by atoms with Gasteiger partial charge in [0, 0.05) is 22.7 Å². The molecule has 116 valence electrons. The molecule has 1 aromatic heterocycles. The highest BCUT2D eigenvalue weighted by Gasteiger charge is 2.25. The van der Waals surface area contributed by atoms with E-state index in [2.05, 4.69) is 5.32 Å². The fourth-order valence-electron chi connectivity index (χ4n) is 2.87. The van der Waals surface area contributed by atoms with Crippen LogP contribution >= 0.6 is 34.8 Å². The smallest absolute Gasteiger partial charge is 0.133 e. The van der Waals surface area contributed by atoms with Crippen LogP contribution in [0.5, 0.6) is 0 Å². The Kier molecular flexibility index (Phi) is 3.72. The fourth-order valence-corrected chi connectivity index (χ4v) is 3.58. The lowest BCUT2D eigenvalue weighted by Crippen LogP contribution is -2.04. The summed E-state index contributed by atoms with van der Waals surface area (Å²) in [4.78, 5) is 0. The van der Waals surface area contributed by atoms with Gasteiger partial charge in [-0.15, -0.1) is 0 Å². The lowest BCUT2D eigenvalue weighted by molar-refractivity contribution is 0.882. The number of fused-ring (bicyclic) bond motifs is 1. The Hall–Kier alpha value is -1.68. The summed E-state index contributed by atoms with van der Waals surface area (Å²) in [6.45, 7) is 0.871. The van der Waals surface area contributed by atoms with Crippen molar-refractivity contribution in [1.29, 1.82) is 0 Å². The molecule has 3 nitrogen and oxygen atoms in total. The van der Waals surface area contributed by atoms with Crippen molar-refractivity contribution in [2.45, 2.75) is 6.42 Å². The molecule has 0 radical (unpaired) electrons. The average molecular weight is 365 g/mol. The van der Waals surface area contributed by atoms with Crippen LogP contribution < -0.4 is 5.32 Å². The zero-order chi connectivity index (χ0) is 16.0. The second kappa shape index (κ2) is 5.75. The standard InChI is InChI=1S/C17H12Cl3N3/c18-10-5-6-11(14(20)9-10)16-12-7-8-21-17(12)23(22-16)15-4-2-1-3-13(15)19/h1-6,9,21H,7-8H2. The Morgan fingerprint density at radius 2 is 1.83 bits per heavy atom. The molecule has 0 bridgehead atoms. The SMILES string of the molecule is Clc1ccc(-c2nn(-c3ccccc3Cl)c3c2CCN3)c(Cl)c1. The minimum atomic E-state index is 0.594. The summed E-state index contributed by atoms with van der Waals surface area (Å²) in [6.07, 6.45) is 0.897. The minimum Gasteiger partial charge on any atom is -0.369 e. The van der Waals surface area contributed by atoms with E-state index in [0.717, 1.165) is 41.3 Å². The van der Waals surface area contributed by atoms with Gasteiger partial charge in [-0.2, -0.15) is 5.10 Å². The predicted molar refractivity (Wildman–Crippen MR) is 96.2 cm³/mol. The van der Waals surface area contributed by atoms with Gasteiger partial charge < -0.3 is 5.32 Å². The van der Waals surface area contributed by atoms with Crippen molar-refractivity contribution in [2.75, 3.05) is 11.9 Å². The maximum absolute atomic E-state index is 6.37. The van der Waals surface area contributed by atoms with Gasteiger partial charge in [-0.25, -0.2) is 4.68 Å². The van der Waals surface area contributed by atoms with Crippen LogP contribution in [0.3, 0.4) is 0 Å². The van der Waals surface area contributed by atoms with Crippen molar-refractivity contribution in [1.82, 2.24) is 9.78 Å². The average Bonchev–Trinajstić information content (AvgIpc) is 3.11. The van der Waals surface area contributed by atoms with Crippen LogP contribution in [-0.4, -0.2) is 16.3 Å². The van der Waals surface area contributed by atoms with Crippen molar-refractivity contribution in [3.05, 3.63) is 63.1 Å². The van der Waals surface area contributed by atoms with Crippen LogP contribution in [0.1, 0.15) is 5.56 Å². The van der Waals surface area contributed by atoms with E-state index in [9.17, 15) is 0 Å². The largest absolute Gasteiger partial charge is 0.369 e. The molecule has 23 heavy (non-hydrogen) atoms. The third kappa shape index (κ3) is 2.49. The first-order valence-electron chi connectivity index (χ1n) is 7.21. The van der Waals surface area contributed by atoms with Crippen LogP contribution in [0.25, 0.3) is 16.9 Å². The maximum atomic E-state index is 6.37. The molecule has 0 unspecified atom stereocenters. The molecule has 2 heterocycles. The van der Waals surface area contributed by atoms with Gasteiger partial charge in [0.25, 0.3) is 0 Å². The minimum absolute atomic E-state index is 0.594. The number of aromatic nitrogens is 2. The molecule has 3 aromatic rings. The summed E-state index contributed by atoms with van der Waals surface area (Å²) in [5.41, 5.74) is 3.73. The summed E-state index contributed by atoms with van der Waals surface area (Å²) in [6, 6.07) is 13.1. The van der Waals surface area contributed by atoms with E-state index in [1.165, 1.54) is 0 Å². The Labute approximate surface area is 148 Å². The highest BCUT2D eigenvalue weighted by Crippen LogP contribution is 2.39. The molecule has 0 aliphatic carbocycles. The van der Waals surface area contributed by atoms with Gasteiger partial charge in [-0.1, -0.05) is 46.9 Å². The van der Waals surface area contributed by atoms with Crippen molar-refractivity contribution < 1.29 is 0 Å². The molecule has 6 heteroatoms. The van der Waals surface area contributed by atoms with Crippen LogP contribution in [0.15, 0.2) is 42.5 Å². The molecule has 0 atom stereocenters. The number of nitrogens with one attached hydrogen (secondary N) is 1. The summed E-state index contributed by atoms with van der Waals surface area (Å²) in [5.74, 6) is 0.971. The Morgan fingerprint density at radius 1 is 1.00 bits per heavy atom. The number of hydrogen-bond acceptors (Lipinski definition) is 2. The van der Waals surface area contributed by atoms with E-state index in [-0.39, 0.29) is 0 Å². The Bertz CT molecular complexity index is 902. The molecular formula is C17H12Cl3N3. The van der Waals surface area contributed by atoms with Crippen molar-refractivity contribution in [3.8, 4) is 16.9 Å². The fraction of sp³-hybridized carbons (Fsp3) is 0.118. The van der Waals surface area contributed by atoms with Crippen LogP contribution in [-0.2, 0) is 6.42 Å². The molecule has 2 aromatic carbocycles. The van der Waals surface area contributed by atoms with Crippen LogP contribution in [0, 0.1) is 0 Å². The van der Waals surface area contributed by atoms with Gasteiger partial charge >= 0.3 is 0 Å². The van der Waals surface area contributed by atoms with Crippen LogP contribution in [0.2, 0.25) is 15.1 Å². The molecule has 1 N–H and O–H groups in total. The highest BCUT2D eigenvalue weighted by atomic mass is 35.5. The number of anilines is 1. The van der Waals surface area contributed by atoms with Gasteiger partial charge in [0.05, 0.1) is 21.4 Å².